The molecule has 1 unspecified atom stereocenters. The van der Waals surface area contributed by atoms with E-state index in [4.69, 9.17) is 16.0 Å². The summed E-state index contributed by atoms with van der Waals surface area (Å²) in [5.41, 5.74) is 8.70. The van der Waals surface area contributed by atoms with Crippen LogP contribution in [0.5, 0.6) is 0 Å². The van der Waals surface area contributed by atoms with Crippen LogP contribution in [0, 0.1) is 11.3 Å². The van der Waals surface area contributed by atoms with E-state index in [1.165, 1.54) is 0 Å². The maximum absolute atomic E-state index is 9.15. The van der Waals surface area contributed by atoms with E-state index in [1.54, 1.807) is 18.2 Å². The van der Waals surface area contributed by atoms with Gasteiger partial charge >= 0.3 is 0 Å². The summed E-state index contributed by atoms with van der Waals surface area (Å²) in [5, 5.41) is 15.7. The molecule has 2 aromatic rings. The van der Waals surface area contributed by atoms with E-state index in [1.807, 2.05) is 7.05 Å². The number of aromatic nitrogens is 2. The minimum absolute atomic E-state index is 0.488. The summed E-state index contributed by atoms with van der Waals surface area (Å²) in [6.07, 6.45) is 4.24. The highest BCUT2D eigenvalue weighted by molar-refractivity contribution is 5.64. The number of likely N-dealkylation sites (N-methyl/N-ethyl adjacent to an activating group) is 1. The van der Waals surface area contributed by atoms with E-state index in [-0.39, 0.29) is 0 Å². The summed E-state index contributed by atoms with van der Waals surface area (Å²) in [6.45, 7) is 4.10. The van der Waals surface area contributed by atoms with Crippen LogP contribution in [0.4, 0.5) is 23.1 Å². The molecule has 0 spiro atoms. The van der Waals surface area contributed by atoms with Crippen LogP contribution in [-0.2, 0) is 6.42 Å². The van der Waals surface area contributed by atoms with Gasteiger partial charge in [0.2, 0.25) is 5.95 Å². The van der Waals surface area contributed by atoms with Gasteiger partial charge in [-0.05, 0) is 44.5 Å². The molecule has 0 radical (unpaired) electrons. The molecular weight excluding hydrogens is 338 g/mol. The van der Waals surface area contributed by atoms with Gasteiger partial charge in [-0.3, -0.25) is 0 Å². The molecule has 0 aliphatic carbocycles. The zero-order chi connectivity index (χ0) is 19.2. The lowest BCUT2D eigenvalue weighted by atomic mass is 10.2. The topological polar surface area (TPSA) is 103 Å². The zero-order valence-electron chi connectivity index (χ0n) is 16.0. The number of nitrogens with zero attached hydrogens (tertiary/aromatic N) is 4. The molecule has 3 rings (SSSR count). The van der Waals surface area contributed by atoms with E-state index in [2.05, 4.69) is 39.6 Å². The summed E-state index contributed by atoms with van der Waals surface area (Å²) in [6, 6.07) is 9.90. The maximum Gasteiger partial charge on any atom is 0.229 e. The quantitative estimate of drug-likeness (QED) is 0.648. The summed E-state index contributed by atoms with van der Waals surface area (Å²) in [7, 11) is 2.00. The molecular formula is C20H27N7. The fourth-order valence-electron chi connectivity index (χ4n) is 3.31. The Bertz CT molecular complexity index is 828. The Labute approximate surface area is 160 Å². The van der Waals surface area contributed by atoms with Gasteiger partial charge in [0.25, 0.3) is 0 Å². The molecule has 7 heteroatoms. The first-order chi connectivity index (χ1) is 13.1. The Kier molecular flexibility index (Phi) is 6.09. The van der Waals surface area contributed by atoms with Crippen molar-refractivity contribution >= 4 is 23.1 Å². The van der Waals surface area contributed by atoms with Gasteiger partial charge in [-0.25, -0.2) is 4.98 Å². The van der Waals surface area contributed by atoms with Gasteiger partial charge in [-0.2, -0.15) is 10.2 Å². The Morgan fingerprint density at radius 1 is 1.30 bits per heavy atom. The average Bonchev–Trinajstić information content (AvgIpc) is 3.15. The first-order valence-electron chi connectivity index (χ1n) is 9.49. The predicted molar refractivity (Wildman–Crippen MR) is 109 cm³/mol. The highest BCUT2D eigenvalue weighted by Crippen LogP contribution is 2.24. The number of unbranched alkanes of at least 4 members (excludes halogenated alkanes) is 1. The number of nitriles is 1. The van der Waals surface area contributed by atoms with Crippen molar-refractivity contribution in [2.45, 2.75) is 38.6 Å². The van der Waals surface area contributed by atoms with Gasteiger partial charge in [0, 0.05) is 42.3 Å². The third kappa shape index (κ3) is 4.86. The fourth-order valence-corrected chi connectivity index (χ4v) is 3.31. The third-order valence-electron chi connectivity index (χ3n) is 4.81. The standard InChI is InChI=1S/C20H27N7/c1-3-4-5-16-11-19(27-7-6-17(13-27)23-2)26-20(24-16)25-18-9-14(12-21)8-15(22)10-18/h8-11,17,23H,3-7,13,22H2,1-2H3,(H,24,25,26). The lowest BCUT2D eigenvalue weighted by Crippen LogP contribution is -2.30. The van der Waals surface area contributed by atoms with Crippen LogP contribution in [-0.4, -0.2) is 36.1 Å². The molecule has 7 nitrogen and oxygen atoms in total. The van der Waals surface area contributed by atoms with Gasteiger partial charge in [0.05, 0.1) is 11.6 Å². The molecule has 1 atom stereocenters. The molecule has 1 fully saturated rings. The van der Waals surface area contributed by atoms with Crippen molar-refractivity contribution in [2.24, 2.45) is 0 Å². The van der Waals surface area contributed by atoms with E-state index in [9.17, 15) is 0 Å². The van der Waals surface area contributed by atoms with Crippen LogP contribution in [0.2, 0.25) is 0 Å². The second-order valence-electron chi connectivity index (χ2n) is 6.95. The Hall–Kier alpha value is -2.85. The number of aryl methyl sites for hydroxylation is 1. The van der Waals surface area contributed by atoms with Crippen LogP contribution in [0.1, 0.15) is 37.4 Å². The number of hydrogen-bond donors (Lipinski definition) is 3. The molecule has 0 bridgehead atoms. The molecule has 1 aliphatic rings. The number of nitrogens with two attached hydrogens (primary N) is 1. The Morgan fingerprint density at radius 3 is 2.85 bits per heavy atom. The fraction of sp³-hybridized carbons (Fsp3) is 0.450. The molecule has 1 saturated heterocycles. The maximum atomic E-state index is 9.15. The highest BCUT2D eigenvalue weighted by atomic mass is 15.3. The number of anilines is 4. The van der Waals surface area contributed by atoms with E-state index < -0.39 is 0 Å². The second kappa shape index (κ2) is 8.69. The molecule has 142 valence electrons. The van der Waals surface area contributed by atoms with Crippen molar-refractivity contribution in [3.63, 3.8) is 0 Å². The van der Waals surface area contributed by atoms with Crippen LogP contribution < -0.4 is 21.3 Å². The molecule has 1 aliphatic heterocycles. The number of nitrogens with one attached hydrogen (secondary N) is 2. The molecule has 4 N–H and O–H groups in total. The Balaban J connectivity index is 1.88. The normalized spacial score (nSPS) is 16.3. The summed E-state index contributed by atoms with van der Waals surface area (Å²) < 4.78 is 0. The van der Waals surface area contributed by atoms with Crippen molar-refractivity contribution in [3.8, 4) is 6.07 Å². The minimum atomic E-state index is 0.488. The number of benzene rings is 1. The number of nitrogen functional groups attached to an aromatic ring is 1. The second-order valence-corrected chi connectivity index (χ2v) is 6.95. The lowest BCUT2D eigenvalue weighted by Gasteiger charge is -2.19. The predicted octanol–water partition coefficient (Wildman–Crippen LogP) is 2.81. The molecule has 0 saturated carbocycles. The highest BCUT2D eigenvalue weighted by Gasteiger charge is 2.23. The first kappa shape index (κ1) is 18.9. The van der Waals surface area contributed by atoms with E-state index >= 15 is 0 Å². The first-order valence-corrected chi connectivity index (χ1v) is 9.49. The molecule has 0 amide bonds. The van der Waals surface area contributed by atoms with Gasteiger partial charge in [0.15, 0.2) is 0 Å². The van der Waals surface area contributed by atoms with Gasteiger partial charge < -0.3 is 21.3 Å². The minimum Gasteiger partial charge on any atom is -0.399 e. The van der Waals surface area contributed by atoms with Crippen molar-refractivity contribution < 1.29 is 0 Å². The summed E-state index contributed by atoms with van der Waals surface area (Å²) in [4.78, 5) is 11.7. The smallest absolute Gasteiger partial charge is 0.229 e. The third-order valence-corrected chi connectivity index (χ3v) is 4.81. The largest absolute Gasteiger partial charge is 0.399 e. The van der Waals surface area contributed by atoms with Gasteiger partial charge in [0.1, 0.15) is 5.82 Å². The van der Waals surface area contributed by atoms with Crippen molar-refractivity contribution in [2.75, 3.05) is 36.1 Å². The Morgan fingerprint density at radius 2 is 2.15 bits per heavy atom. The van der Waals surface area contributed by atoms with E-state index in [0.29, 0.717) is 23.2 Å². The lowest BCUT2D eigenvalue weighted by molar-refractivity contribution is 0.616. The monoisotopic (exact) mass is 365 g/mol. The SMILES string of the molecule is CCCCc1cc(N2CCC(NC)C2)nc(Nc2cc(N)cc(C#N)c2)n1. The molecule has 1 aromatic carbocycles. The molecule has 27 heavy (non-hydrogen) atoms. The van der Waals surface area contributed by atoms with Crippen molar-refractivity contribution in [1.82, 2.24) is 15.3 Å². The van der Waals surface area contributed by atoms with Gasteiger partial charge in [-0.1, -0.05) is 13.3 Å². The van der Waals surface area contributed by atoms with Crippen LogP contribution in [0.25, 0.3) is 0 Å². The molecule has 1 aromatic heterocycles. The van der Waals surface area contributed by atoms with Crippen LogP contribution >= 0.6 is 0 Å². The van der Waals surface area contributed by atoms with Crippen LogP contribution in [0.3, 0.4) is 0 Å². The number of rotatable bonds is 7. The van der Waals surface area contributed by atoms with E-state index in [0.717, 1.165) is 56.0 Å². The summed E-state index contributed by atoms with van der Waals surface area (Å²) in [5.74, 6) is 1.49. The average molecular weight is 365 g/mol. The molecule has 2 heterocycles. The zero-order valence-corrected chi connectivity index (χ0v) is 16.0. The van der Waals surface area contributed by atoms with Gasteiger partial charge in [-0.15, -0.1) is 0 Å². The van der Waals surface area contributed by atoms with Crippen molar-refractivity contribution in [1.29, 1.82) is 5.26 Å². The van der Waals surface area contributed by atoms with Crippen LogP contribution in [0.15, 0.2) is 24.3 Å². The van der Waals surface area contributed by atoms with Crippen molar-refractivity contribution in [3.05, 3.63) is 35.5 Å². The summed E-state index contributed by atoms with van der Waals surface area (Å²) >= 11 is 0. The number of hydrogen-bond acceptors (Lipinski definition) is 7.